The second-order valence-corrected chi connectivity index (χ2v) is 10.3. The Labute approximate surface area is 188 Å². The van der Waals surface area contributed by atoms with Crippen molar-refractivity contribution in [2.45, 2.75) is 11.8 Å². The summed E-state index contributed by atoms with van der Waals surface area (Å²) in [6.45, 7) is 2.17. The van der Waals surface area contributed by atoms with E-state index in [0.29, 0.717) is 35.5 Å². The number of rotatable bonds is 6. The van der Waals surface area contributed by atoms with Crippen LogP contribution >= 0.6 is 11.3 Å². The topological polar surface area (TPSA) is 97.8 Å². The molecule has 2 heterocycles. The van der Waals surface area contributed by atoms with Crippen molar-refractivity contribution in [3.8, 4) is 22.8 Å². The van der Waals surface area contributed by atoms with Crippen LogP contribution < -0.4 is 14.8 Å². The van der Waals surface area contributed by atoms with Crippen molar-refractivity contribution in [1.29, 1.82) is 0 Å². The number of ether oxygens (including phenoxy) is 2. The van der Waals surface area contributed by atoms with Gasteiger partial charge in [0.1, 0.15) is 19.0 Å². The molecule has 0 fully saturated rings. The second-order valence-electron chi connectivity index (χ2n) is 7.05. The summed E-state index contributed by atoms with van der Waals surface area (Å²) in [4.78, 5) is 17.7. The van der Waals surface area contributed by atoms with E-state index in [4.69, 9.17) is 9.47 Å². The molecule has 1 aromatic heterocycles. The number of likely N-dealkylation sites (N-methyl/N-ethyl adjacent to an activating group) is 1. The summed E-state index contributed by atoms with van der Waals surface area (Å²) in [5.41, 5.74) is 1.35. The lowest BCUT2D eigenvalue weighted by Crippen LogP contribution is -2.35. The molecule has 1 aliphatic heterocycles. The lowest BCUT2D eigenvalue weighted by Gasteiger charge is -2.21. The number of fused-ring (bicyclic) bond motifs is 1. The molecule has 2 aromatic carbocycles. The van der Waals surface area contributed by atoms with Crippen LogP contribution in [0.2, 0.25) is 0 Å². The van der Waals surface area contributed by atoms with Gasteiger partial charge in [0.05, 0.1) is 17.1 Å². The smallest absolute Gasteiger partial charge is 0.243 e. The first-order valence-electron chi connectivity index (χ1n) is 9.63. The highest BCUT2D eigenvalue weighted by Gasteiger charge is 2.26. The summed E-state index contributed by atoms with van der Waals surface area (Å²) >= 11 is 1.25. The fraction of sp³-hybridized carbons (Fsp3) is 0.238. The maximum absolute atomic E-state index is 13.2. The summed E-state index contributed by atoms with van der Waals surface area (Å²) in [6, 6.07) is 10.2. The number of nitrogens with one attached hydrogen (secondary N) is 1. The standard InChI is InChI=1S/C21H20FN3O5S2/c1-13-20(14-3-5-15(22)6-4-14)24-21(31-13)23-19(26)12-25(2)32(27,28)16-7-8-17-18(11-16)30-10-9-29-17/h3-8,11H,9-10,12H2,1-2H3,(H,23,24,26). The monoisotopic (exact) mass is 477 g/mol. The Bertz CT molecular complexity index is 1260. The first-order valence-corrected chi connectivity index (χ1v) is 11.9. The molecule has 11 heteroatoms. The lowest BCUT2D eigenvalue weighted by atomic mass is 10.1. The number of benzene rings is 2. The van der Waals surface area contributed by atoms with Crippen LogP contribution in [0.3, 0.4) is 0 Å². The highest BCUT2D eigenvalue weighted by molar-refractivity contribution is 7.89. The van der Waals surface area contributed by atoms with E-state index in [1.807, 2.05) is 6.92 Å². The Morgan fingerprint density at radius 3 is 2.56 bits per heavy atom. The average Bonchev–Trinajstić information content (AvgIpc) is 3.13. The third kappa shape index (κ3) is 4.59. The number of nitrogens with zero attached hydrogens (tertiary/aromatic N) is 2. The molecule has 0 spiro atoms. The number of halogens is 1. The highest BCUT2D eigenvalue weighted by atomic mass is 32.2. The van der Waals surface area contributed by atoms with Crippen molar-refractivity contribution in [1.82, 2.24) is 9.29 Å². The van der Waals surface area contributed by atoms with Gasteiger partial charge in [0.2, 0.25) is 15.9 Å². The third-order valence-electron chi connectivity index (χ3n) is 4.75. The number of anilines is 1. The van der Waals surface area contributed by atoms with E-state index in [1.54, 1.807) is 12.1 Å². The molecule has 0 aliphatic carbocycles. The van der Waals surface area contributed by atoms with Crippen molar-refractivity contribution in [3.05, 3.63) is 53.2 Å². The van der Waals surface area contributed by atoms with Gasteiger partial charge in [0, 0.05) is 23.6 Å². The summed E-state index contributed by atoms with van der Waals surface area (Å²) in [6.07, 6.45) is 0. The molecule has 0 atom stereocenters. The van der Waals surface area contributed by atoms with E-state index in [1.165, 1.54) is 48.7 Å². The quantitative estimate of drug-likeness (QED) is 0.585. The summed E-state index contributed by atoms with van der Waals surface area (Å²) < 4.78 is 50.7. The Morgan fingerprint density at radius 1 is 1.16 bits per heavy atom. The number of thiazole rings is 1. The Balaban J connectivity index is 1.45. The Morgan fingerprint density at radius 2 is 1.84 bits per heavy atom. The predicted molar refractivity (Wildman–Crippen MR) is 118 cm³/mol. The van der Waals surface area contributed by atoms with E-state index in [0.717, 1.165) is 14.7 Å². The minimum absolute atomic E-state index is 0.000684. The number of carbonyl (C=O) groups excluding carboxylic acids is 1. The Kier molecular flexibility index (Phi) is 6.13. The zero-order valence-corrected chi connectivity index (χ0v) is 18.9. The van der Waals surface area contributed by atoms with E-state index in [2.05, 4.69) is 10.3 Å². The molecule has 3 aromatic rings. The summed E-state index contributed by atoms with van der Waals surface area (Å²) in [5, 5.41) is 2.96. The molecule has 8 nitrogen and oxygen atoms in total. The normalized spacial score (nSPS) is 13.2. The molecule has 0 saturated carbocycles. The molecule has 0 saturated heterocycles. The molecule has 1 N–H and O–H groups in total. The van der Waals surface area contributed by atoms with Crippen molar-refractivity contribution >= 4 is 32.4 Å². The minimum atomic E-state index is -3.93. The van der Waals surface area contributed by atoms with Crippen molar-refractivity contribution in [3.63, 3.8) is 0 Å². The number of hydrogen-bond acceptors (Lipinski definition) is 7. The van der Waals surface area contributed by atoms with Crippen molar-refractivity contribution < 1.29 is 27.1 Å². The minimum Gasteiger partial charge on any atom is -0.486 e. The number of carbonyl (C=O) groups is 1. The fourth-order valence-corrected chi connectivity index (χ4v) is 5.13. The second kappa shape index (κ2) is 8.85. The maximum Gasteiger partial charge on any atom is 0.243 e. The van der Waals surface area contributed by atoms with Crippen molar-refractivity contribution in [2.75, 3.05) is 32.1 Å². The predicted octanol–water partition coefficient (Wildman–Crippen LogP) is 3.29. The molecule has 0 radical (unpaired) electrons. The van der Waals surface area contributed by atoms with Crippen LogP contribution in [0.1, 0.15) is 4.88 Å². The summed E-state index contributed by atoms with van der Waals surface area (Å²) in [7, 11) is -2.60. The third-order valence-corrected chi connectivity index (χ3v) is 7.43. The molecule has 0 bridgehead atoms. The van der Waals surface area contributed by atoms with E-state index < -0.39 is 22.5 Å². The summed E-state index contributed by atoms with van der Waals surface area (Å²) in [5.74, 6) is -0.0566. The molecule has 1 aliphatic rings. The van der Waals surface area contributed by atoms with Crippen molar-refractivity contribution in [2.24, 2.45) is 0 Å². The first kappa shape index (κ1) is 22.2. The van der Waals surface area contributed by atoms with Gasteiger partial charge in [-0.05, 0) is 43.3 Å². The largest absolute Gasteiger partial charge is 0.486 e. The zero-order valence-electron chi connectivity index (χ0n) is 17.3. The van der Waals surface area contributed by atoms with E-state index in [9.17, 15) is 17.6 Å². The zero-order chi connectivity index (χ0) is 22.9. The molecule has 1 amide bonds. The van der Waals surface area contributed by atoms with Crippen LogP contribution in [-0.2, 0) is 14.8 Å². The number of hydrogen-bond donors (Lipinski definition) is 1. The average molecular weight is 478 g/mol. The van der Waals surface area contributed by atoms with Gasteiger partial charge < -0.3 is 14.8 Å². The number of sulfonamides is 1. The van der Waals surface area contributed by atoms with Gasteiger partial charge in [-0.1, -0.05) is 0 Å². The number of aryl methyl sites for hydroxylation is 1. The highest BCUT2D eigenvalue weighted by Crippen LogP contribution is 2.33. The van der Waals surface area contributed by atoms with Gasteiger partial charge in [-0.3, -0.25) is 4.79 Å². The van der Waals surface area contributed by atoms with Crippen LogP contribution in [0.4, 0.5) is 9.52 Å². The van der Waals surface area contributed by atoms with Crippen LogP contribution in [-0.4, -0.2) is 50.4 Å². The van der Waals surface area contributed by atoms with E-state index >= 15 is 0 Å². The Hall–Kier alpha value is -3.02. The van der Waals surface area contributed by atoms with Gasteiger partial charge in [0.15, 0.2) is 16.6 Å². The molecule has 168 valence electrons. The van der Waals surface area contributed by atoms with Gasteiger partial charge >= 0.3 is 0 Å². The number of aromatic nitrogens is 1. The van der Waals surface area contributed by atoms with Gasteiger partial charge in [-0.25, -0.2) is 17.8 Å². The molecule has 32 heavy (non-hydrogen) atoms. The van der Waals surface area contributed by atoms with Crippen LogP contribution in [0, 0.1) is 12.7 Å². The maximum atomic E-state index is 13.2. The number of amides is 1. The molecule has 4 rings (SSSR count). The van der Waals surface area contributed by atoms with E-state index in [-0.39, 0.29) is 10.7 Å². The first-order chi connectivity index (χ1) is 15.2. The van der Waals surface area contributed by atoms with Crippen LogP contribution in [0.15, 0.2) is 47.4 Å². The van der Waals surface area contributed by atoms with Gasteiger partial charge in [-0.15, -0.1) is 11.3 Å². The molecular weight excluding hydrogens is 457 g/mol. The SMILES string of the molecule is Cc1sc(NC(=O)CN(C)S(=O)(=O)c2ccc3c(c2)OCCO3)nc1-c1ccc(F)cc1. The van der Waals surface area contributed by atoms with Gasteiger partial charge in [0.25, 0.3) is 0 Å². The lowest BCUT2D eigenvalue weighted by molar-refractivity contribution is -0.116. The fourth-order valence-electron chi connectivity index (χ4n) is 3.14. The van der Waals surface area contributed by atoms with Gasteiger partial charge in [-0.2, -0.15) is 4.31 Å². The van der Waals surface area contributed by atoms with Crippen LogP contribution in [0.5, 0.6) is 11.5 Å². The molecular formula is C21H20FN3O5S2. The van der Waals surface area contributed by atoms with Crippen LogP contribution in [0.25, 0.3) is 11.3 Å². The molecule has 0 unspecified atom stereocenters.